The highest BCUT2D eigenvalue weighted by Gasteiger charge is 2.17. The highest BCUT2D eigenvalue weighted by Crippen LogP contribution is 1.95. The number of urea groups is 1. The van der Waals surface area contributed by atoms with E-state index in [4.69, 9.17) is 5.11 Å². The first-order chi connectivity index (χ1) is 8.38. The van der Waals surface area contributed by atoms with E-state index in [0.29, 0.717) is 13.0 Å². The fourth-order valence-corrected chi connectivity index (χ4v) is 1.05. The number of nitrogens with one attached hydrogen (secondary N) is 1. The molecule has 0 heterocycles. The Morgan fingerprint density at radius 1 is 1.28 bits per heavy atom. The smallest absolute Gasteiger partial charge is 0.341 e. The van der Waals surface area contributed by atoms with E-state index in [9.17, 15) is 14.4 Å². The molecule has 0 aliphatic rings. The molecule has 0 rings (SSSR count). The molecule has 0 saturated carbocycles. The van der Waals surface area contributed by atoms with Gasteiger partial charge in [-0.1, -0.05) is 6.92 Å². The molecule has 104 valence electrons. The molecule has 0 aromatic heterocycles. The van der Waals surface area contributed by atoms with Crippen LogP contribution >= 0.6 is 0 Å². The number of carboxylic acids is 1. The summed E-state index contributed by atoms with van der Waals surface area (Å²) in [5, 5.41) is 8.34. The predicted molar refractivity (Wildman–Crippen MR) is 62.7 cm³/mol. The average Bonchev–Trinajstić information content (AvgIpc) is 2.27. The van der Waals surface area contributed by atoms with E-state index in [2.05, 4.69) is 4.84 Å². The number of rotatable bonds is 7. The van der Waals surface area contributed by atoms with E-state index in [0.717, 1.165) is 0 Å². The summed E-state index contributed by atoms with van der Waals surface area (Å²) in [5.74, 6) is -1.42. The van der Waals surface area contributed by atoms with Crippen LogP contribution in [-0.2, 0) is 14.4 Å². The van der Waals surface area contributed by atoms with Gasteiger partial charge in [-0.25, -0.2) is 15.1 Å². The second-order valence-corrected chi connectivity index (χ2v) is 3.80. The quantitative estimate of drug-likeness (QED) is 0.603. The van der Waals surface area contributed by atoms with Crippen molar-refractivity contribution in [3.05, 3.63) is 0 Å². The maximum absolute atomic E-state index is 11.6. The lowest BCUT2D eigenvalue weighted by molar-refractivity contribution is -0.144. The normalized spacial score (nSPS) is 9.72. The van der Waals surface area contributed by atoms with E-state index >= 15 is 0 Å². The van der Waals surface area contributed by atoms with Gasteiger partial charge >= 0.3 is 12.0 Å². The summed E-state index contributed by atoms with van der Waals surface area (Å²) in [6.45, 7) is 1.52. The van der Waals surface area contributed by atoms with E-state index in [1.807, 2.05) is 12.4 Å². The predicted octanol–water partition coefficient (Wildman–Crippen LogP) is -0.488. The molecular formula is C10H19N3O5. The minimum atomic E-state index is -1.19. The van der Waals surface area contributed by atoms with Crippen LogP contribution in [0.4, 0.5) is 4.79 Å². The molecule has 0 spiro atoms. The molecule has 0 saturated heterocycles. The fourth-order valence-electron chi connectivity index (χ4n) is 1.05. The lowest BCUT2D eigenvalue weighted by Gasteiger charge is -2.23. The Kier molecular flexibility index (Phi) is 7.45. The van der Waals surface area contributed by atoms with E-state index < -0.39 is 18.6 Å². The SMILES string of the molecule is CCCN(CC(=O)N(C)C)C(=O)NOCC(=O)O. The summed E-state index contributed by atoms with van der Waals surface area (Å²) in [7, 11) is 3.18. The highest BCUT2D eigenvalue weighted by molar-refractivity contribution is 5.83. The Balaban J connectivity index is 4.26. The number of amides is 3. The van der Waals surface area contributed by atoms with Gasteiger partial charge in [-0.15, -0.1) is 0 Å². The van der Waals surface area contributed by atoms with Crippen LogP contribution in [0.1, 0.15) is 13.3 Å². The van der Waals surface area contributed by atoms with Gasteiger partial charge in [0, 0.05) is 20.6 Å². The van der Waals surface area contributed by atoms with Crippen molar-refractivity contribution in [1.82, 2.24) is 15.3 Å². The Bertz CT molecular complexity index is 306. The molecule has 0 atom stereocenters. The van der Waals surface area contributed by atoms with Crippen molar-refractivity contribution in [3.8, 4) is 0 Å². The van der Waals surface area contributed by atoms with Crippen molar-refractivity contribution < 1.29 is 24.3 Å². The lowest BCUT2D eigenvalue weighted by atomic mass is 10.4. The van der Waals surface area contributed by atoms with Gasteiger partial charge in [-0.3, -0.25) is 9.63 Å². The van der Waals surface area contributed by atoms with Gasteiger partial charge in [0.05, 0.1) is 0 Å². The molecule has 0 unspecified atom stereocenters. The van der Waals surface area contributed by atoms with Crippen LogP contribution < -0.4 is 5.48 Å². The largest absolute Gasteiger partial charge is 0.479 e. The van der Waals surface area contributed by atoms with Crippen molar-refractivity contribution in [1.29, 1.82) is 0 Å². The van der Waals surface area contributed by atoms with Gasteiger partial charge in [0.1, 0.15) is 6.54 Å². The third-order valence-corrected chi connectivity index (χ3v) is 1.96. The Morgan fingerprint density at radius 2 is 1.89 bits per heavy atom. The summed E-state index contributed by atoms with van der Waals surface area (Å²) < 4.78 is 0. The molecule has 0 aliphatic carbocycles. The lowest BCUT2D eigenvalue weighted by Crippen LogP contribution is -2.45. The molecule has 0 radical (unpaired) electrons. The van der Waals surface area contributed by atoms with Crippen LogP contribution in [0.15, 0.2) is 0 Å². The number of hydrogen-bond donors (Lipinski definition) is 2. The first-order valence-corrected chi connectivity index (χ1v) is 5.47. The molecule has 0 aromatic carbocycles. The Morgan fingerprint density at radius 3 is 2.33 bits per heavy atom. The van der Waals surface area contributed by atoms with Crippen LogP contribution in [0, 0.1) is 0 Å². The number of nitrogens with zero attached hydrogens (tertiary/aromatic N) is 2. The third-order valence-electron chi connectivity index (χ3n) is 1.96. The van der Waals surface area contributed by atoms with Crippen molar-refractivity contribution in [2.24, 2.45) is 0 Å². The van der Waals surface area contributed by atoms with Gasteiger partial charge in [-0.05, 0) is 6.42 Å². The summed E-state index contributed by atoms with van der Waals surface area (Å²) in [6, 6.07) is -0.631. The van der Waals surface area contributed by atoms with Gasteiger partial charge in [0.25, 0.3) is 0 Å². The van der Waals surface area contributed by atoms with Crippen LogP contribution in [-0.4, -0.2) is 66.6 Å². The number of aliphatic carboxylic acids is 1. The van der Waals surface area contributed by atoms with Crippen molar-refractivity contribution >= 4 is 17.9 Å². The number of carbonyl (C=O) groups is 3. The van der Waals surface area contributed by atoms with E-state index in [1.165, 1.54) is 9.80 Å². The average molecular weight is 261 g/mol. The molecule has 3 amide bonds. The van der Waals surface area contributed by atoms with Crippen LogP contribution in [0.25, 0.3) is 0 Å². The number of likely N-dealkylation sites (N-methyl/N-ethyl adjacent to an activating group) is 1. The van der Waals surface area contributed by atoms with Crippen LogP contribution in [0.5, 0.6) is 0 Å². The first-order valence-electron chi connectivity index (χ1n) is 5.47. The maximum atomic E-state index is 11.6. The Hall–Kier alpha value is -1.83. The summed E-state index contributed by atoms with van der Waals surface area (Å²) in [5.41, 5.74) is 1.98. The van der Waals surface area contributed by atoms with Crippen LogP contribution in [0.2, 0.25) is 0 Å². The third kappa shape index (κ3) is 6.69. The van der Waals surface area contributed by atoms with Gasteiger partial charge in [-0.2, -0.15) is 0 Å². The second kappa shape index (κ2) is 8.29. The van der Waals surface area contributed by atoms with Crippen molar-refractivity contribution in [2.75, 3.05) is 33.8 Å². The molecular weight excluding hydrogens is 242 g/mol. The zero-order chi connectivity index (χ0) is 14.1. The highest BCUT2D eigenvalue weighted by atomic mass is 16.7. The van der Waals surface area contributed by atoms with Gasteiger partial charge < -0.3 is 14.9 Å². The minimum absolute atomic E-state index is 0.0803. The maximum Gasteiger partial charge on any atom is 0.341 e. The standard InChI is InChI=1S/C10H19N3O5/c1-4-5-13(6-8(14)12(2)3)10(17)11-18-7-9(15)16/h4-7H2,1-3H3,(H,11,17)(H,15,16). The molecule has 8 nitrogen and oxygen atoms in total. The molecule has 0 aromatic rings. The van der Waals surface area contributed by atoms with Gasteiger partial charge in [0.15, 0.2) is 6.61 Å². The first kappa shape index (κ1) is 16.2. The summed E-state index contributed by atoms with van der Waals surface area (Å²) in [6.07, 6.45) is 0.674. The number of hydroxylamine groups is 1. The van der Waals surface area contributed by atoms with Crippen LogP contribution in [0.3, 0.4) is 0 Å². The topological polar surface area (TPSA) is 99.2 Å². The minimum Gasteiger partial charge on any atom is -0.479 e. The fraction of sp³-hybridized carbons (Fsp3) is 0.700. The monoisotopic (exact) mass is 261 g/mol. The molecule has 0 fully saturated rings. The molecule has 2 N–H and O–H groups in total. The molecule has 8 heteroatoms. The molecule has 0 aliphatic heterocycles. The van der Waals surface area contributed by atoms with Crippen molar-refractivity contribution in [2.45, 2.75) is 13.3 Å². The zero-order valence-corrected chi connectivity index (χ0v) is 10.8. The van der Waals surface area contributed by atoms with E-state index in [-0.39, 0.29) is 12.5 Å². The number of hydrogen-bond acceptors (Lipinski definition) is 4. The van der Waals surface area contributed by atoms with Crippen molar-refractivity contribution in [3.63, 3.8) is 0 Å². The summed E-state index contributed by atoms with van der Waals surface area (Å²) >= 11 is 0. The number of carbonyl (C=O) groups excluding carboxylic acids is 2. The second-order valence-electron chi connectivity index (χ2n) is 3.80. The van der Waals surface area contributed by atoms with Gasteiger partial charge in [0.2, 0.25) is 5.91 Å². The summed E-state index contributed by atoms with van der Waals surface area (Å²) in [4.78, 5) is 40.4. The number of carboxylic acid groups (broad SMARTS) is 1. The molecule has 18 heavy (non-hydrogen) atoms. The Labute approximate surface area is 105 Å². The zero-order valence-electron chi connectivity index (χ0n) is 10.8. The van der Waals surface area contributed by atoms with E-state index in [1.54, 1.807) is 14.1 Å². The molecule has 0 bridgehead atoms.